The van der Waals surface area contributed by atoms with Gasteiger partial charge in [-0.25, -0.2) is 4.79 Å². The number of hydrogen-bond donors (Lipinski definition) is 3. The molecule has 8 nitrogen and oxygen atoms in total. The smallest absolute Gasteiger partial charge is 0.323 e. The molecule has 0 fully saturated rings. The Hall–Kier alpha value is -4.77. The fraction of sp³-hybridized carbons (Fsp3) is 0.0800. The average molecular weight is 437 g/mol. The van der Waals surface area contributed by atoms with E-state index in [1.165, 1.54) is 0 Å². The second-order valence-electron chi connectivity index (χ2n) is 7.62. The molecule has 33 heavy (non-hydrogen) atoms. The van der Waals surface area contributed by atoms with E-state index in [0.29, 0.717) is 34.9 Å². The fourth-order valence-corrected chi connectivity index (χ4v) is 3.80. The molecule has 8 heteroatoms. The number of fused-ring (bicyclic) bond motifs is 2. The van der Waals surface area contributed by atoms with Gasteiger partial charge in [0.15, 0.2) is 6.61 Å². The lowest BCUT2D eigenvalue weighted by Gasteiger charge is -2.30. The second-order valence-corrected chi connectivity index (χ2v) is 7.62. The molecule has 3 aromatic carbocycles. The number of H-pyrrole nitrogens is 1. The molecule has 3 N–H and O–H groups in total. The zero-order valence-electron chi connectivity index (χ0n) is 17.5. The zero-order chi connectivity index (χ0) is 22.8. The largest absolute Gasteiger partial charge is 0.481 e. The first kappa shape index (κ1) is 20.2. The number of amides is 3. The standard InChI is InChI=1S/C25H19N5O3/c26-13-16-2-1-3-17(10-16)14-30-22-7-6-20(12-23(22)33-15-24(30)31)29-25(32)28-19-5-4-18-8-9-27-21(18)11-19/h1-12,27H,14-15H2,(H2,28,29,32). The van der Waals surface area contributed by atoms with Gasteiger partial charge in [-0.1, -0.05) is 18.2 Å². The summed E-state index contributed by atoms with van der Waals surface area (Å²) in [5.41, 5.74) is 4.11. The molecule has 0 saturated heterocycles. The van der Waals surface area contributed by atoms with Crippen LogP contribution in [0.1, 0.15) is 11.1 Å². The first-order chi connectivity index (χ1) is 16.1. The third kappa shape index (κ3) is 4.20. The Morgan fingerprint density at radius 1 is 1.06 bits per heavy atom. The Labute approximate surface area is 189 Å². The first-order valence-electron chi connectivity index (χ1n) is 10.3. The monoisotopic (exact) mass is 437 g/mol. The topological polar surface area (TPSA) is 110 Å². The Morgan fingerprint density at radius 3 is 2.73 bits per heavy atom. The highest BCUT2D eigenvalue weighted by Gasteiger charge is 2.26. The maximum atomic E-state index is 12.5. The highest BCUT2D eigenvalue weighted by atomic mass is 16.5. The summed E-state index contributed by atoms with van der Waals surface area (Å²) in [4.78, 5) is 29.7. The van der Waals surface area contributed by atoms with Crippen LogP contribution in [-0.2, 0) is 11.3 Å². The van der Waals surface area contributed by atoms with Crippen molar-refractivity contribution >= 4 is 39.9 Å². The lowest BCUT2D eigenvalue weighted by atomic mass is 10.1. The van der Waals surface area contributed by atoms with Crippen molar-refractivity contribution in [3.8, 4) is 11.8 Å². The van der Waals surface area contributed by atoms with Gasteiger partial charge in [0.2, 0.25) is 0 Å². The number of anilines is 3. The van der Waals surface area contributed by atoms with E-state index in [1.807, 2.05) is 36.5 Å². The maximum Gasteiger partial charge on any atom is 0.323 e. The van der Waals surface area contributed by atoms with Crippen LogP contribution in [0.5, 0.6) is 5.75 Å². The van der Waals surface area contributed by atoms with Gasteiger partial charge in [-0.05, 0) is 53.4 Å². The molecule has 0 atom stereocenters. The van der Waals surface area contributed by atoms with E-state index < -0.39 is 6.03 Å². The molecular formula is C25H19N5O3. The molecule has 0 radical (unpaired) electrons. The van der Waals surface area contributed by atoms with Gasteiger partial charge >= 0.3 is 6.03 Å². The minimum Gasteiger partial charge on any atom is -0.481 e. The minimum atomic E-state index is -0.391. The molecular weight excluding hydrogens is 418 g/mol. The van der Waals surface area contributed by atoms with E-state index in [4.69, 9.17) is 10.00 Å². The van der Waals surface area contributed by atoms with Crippen molar-refractivity contribution in [3.05, 3.63) is 84.1 Å². The van der Waals surface area contributed by atoms with Crippen LogP contribution in [0, 0.1) is 11.3 Å². The number of aromatic nitrogens is 1. The summed E-state index contributed by atoms with van der Waals surface area (Å²) >= 11 is 0. The first-order valence-corrected chi connectivity index (χ1v) is 10.3. The number of aromatic amines is 1. The van der Waals surface area contributed by atoms with Crippen molar-refractivity contribution in [2.75, 3.05) is 22.1 Å². The van der Waals surface area contributed by atoms with Gasteiger partial charge in [0.05, 0.1) is 23.9 Å². The zero-order valence-corrected chi connectivity index (χ0v) is 17.5. The van der Waals surface area contributed by atoms with E-state index in [2.05, 4.69) is 21.7 Å². The second kappa shape index (κ2) is 8.40. The number of hydrogen-bond acceptors (Lipinski definition) is 4. The number of nitrogens with one attached hydrogen (secondary N) is 3. The Kier molecular flexibility index (Phi) is 5.13. The summed E-state index contributed by atoms with van der Waals surface area (Å²) in [5.74, 6) is 0.319. The highest BCUT2D eigenvalue weighted by Crippen LogP contribution is 2.35. The number of nitrogens with zero attached hydrogens (tertiary/aromatic N) is 2. The molecule has 0 spiro atoms. The van der Waals surface area contributed by atoms with E-state index in [0.717, 1.165) is 16.5 Å². The van der Waals surface area contributed by atoms with Crippen LogP contribution in [-0.4, -0.2) is 23.5 Å². The summed E-state index contributed by atoms with van der Waals surface area (Å²) in [7, 11) is 0. The molecule has 0 aliphatic carbocycles. The summed E-state index contributed by atoms with van der Waals surface area (Å²) < 4.78 is 5.61. The number of urea groups is 1. The Morgan fingerprint density at radius 2 is 1.88 bits per heavy atom. The molecule has 0 saturated carbocycles. The predicted octanol–water partition coefficient (Wildman–Crippen LogP) is 4.61. The molecule has 5 rings (SSSR count). The number of benzene rings is 3. The number of nitriles is 1. The molecule has 4 aromatic rings. The van der Waals surface area contributed by atoms with Crippen LogP contribution in [0.2, 0.25) is 0 Å². The highest BCUT2D eigenvalue weighted by molar-refractivity contribution is 6.02. The van der Waals surface area contributed by atoms with Crippen LogP contribution in [0.15, 0.2) is 72.9 Å². The van der Waals surface area contributed by atoms with Gasteiger partial charge in [0.25, 0.3) is 5.91 Å². The molecule has 0 unspecified atom stereocenters. The van der Waals surface area contributed by atoms with Crippen molar-refractivity contribution in [2.45, 2.75) is 6.54 Å². The molecule has 1 aliphatic rings. The third-order valence-corrected chi connectivity index (χ3v) is 5.37. The van der Waals surface area contributed by atoms with Crippen LogP contribution in [0.25, 0.3) is 10.9 Å². The molecule has 162 valence electrons. The molecule has 2 heterocycles. The van der Waals surface area contributed by atoms with E-state index in [1.54, 1.807) is 41.3 Å². The van der Waals surface area contributed by atoms with Gasteiger partial charge in [-0.15, -0.1) is 0 Å². The van der Waals surface area contributed by atoms with Gasteiger partial charge in [-0.3, -0.25) is 4.79 Å². The quantitative estimate of drug-likeness (QED) is 0.433. The van der Waals surface area contributed by atoms with Gasteiger partial charge < -0.3 is 25.3 Å². The number of ether oxygens (including phenoxy) is 1. The number of carbonyl (C=O) groups excluding carboxylic acids is 2. The molecule has 1 aromatic heterocycles. The minimum absolute atomic E-state index is 0.100. The normalized spacial score (nSPS) is 12.6. The fourth-order valence-electron chi connectivity index (χ4n) is 3.80. The van der Waals surface area contributed by atoms with Crippen LogP contribution in [0.4, 0.5) is 21.9 Å². The van der Waals surface area contributed by atoms with Crippen LogP contribution >= 0.6 is 0 Å². The van der Waals surface area contributed by atoms with Gasteiger partial charge in [-0.2, -0.15) is 5.26 Å². The number of rotatable bonds is 4. The lowest BCUT2D eigenvalue weighted by Crippen LogP contribution is -2.38. The summed E-state index contributed by atoms with van der Waals surface area (Å²) in [6.45, 7) is 0.218. The summed E-state index contributed by atoms with van der Waals surface area (Å²) in [6, 6.07) is 21.6. The van der Waals surface area contributed by atoms with Gasteiger partial charge in [0, 0.05) is 29.2 Å². The molecule has 3 amide bonds. The summed E-state index contributed by atoms with van der Waals surface area (Å²) in [5, 5.41) is 15.8. The lowest BCUT2D eigenvalue weighted by molar-refractivity contribution is -0.121. The third-order valence-electron chi connectivity index (χ3n) is 5.37. The van der Waals surface area contributed by atoms with Crippen molar-refractivity contribution in [1.82, 2.24) is 4.98 Å². The van der Waals surface area contributed by atoms with E-state index in [-0.39, 0.29) is 12.5 Å². The summed E-state index contributed by atoms with van der Waals surface area (Å²) in [6.07, 6.45) is 1.84. The van der Waals surface area contributed by atoms with Crippen molar-refractivity contribution in [2.24, 2.45) is 0 Å². The Balaban J connectivity index is 1.31. The average Bonchev–Trinajstić information content (AvgIpc) is 3.29. The molecule has 1 aliphatic heterocycles. The van der Waals surface area contributed by atoms with E-state index >= 15 is 0 Å². The SMILES string of the molecule is N#Cc1cccc(CN2C(=O)COc3cc(NC(=O)Nc4ccc5cc[nH]c5c4)ccc32)c1. The Bertz CT molecular complexity index is 1420. The maximum absolute atomic E-state index is 12.5. The van der Waals surface area contributed by atoms with Crippen LogP contribution in [0.3, 0.4) is 0 Å². The van der Waals surface area contributed by atoms with Crippen molar-refractivity contribution in [3.63, 3.8) is 0 Å². The van der Waals surface area contributed by atoms with Crippen molar-refractivity contribution in [1.29, 1.82) is 5.26 Å². The number of carbonyl (C=O) groups is 2. The van der Waals surface area contributed by atoms with Crippen LogP contribution < -0.4 is 20.3 Å². The predicted molar refractivity (Wildman–Crippen MR) is 125 cm³/mol. The van der Waals surface area contributed by atoms with E-state index in [9.17, 15) is 9.59 Å². The van der Waals surface area contributed by atoms with Crippen molar-refractivity contribution < 1.29 is 14.3 Å². The molecule has 0 bridgehead atoms. The van der Waals surface area contributed by atoms with Gasteiger partial charge in [0.1, 0.15) is 5.75 Å².